The van der Waals surface area contributed by atoms with Gasteiger partial charge in [-0.2, -0.15) is 0 Å². The quantitative estimate of drug-likeness (QED) is 0.0132. The fraction of sp³-hybridized carbons (Fsp3) is 0.208. The maximum atomic E-state index is 17.1. The highest BCUT2D eigenvalue weighted by Crippen LogP contribution is 2.42. The number of carbonyl (C=O) groups is 2. The molecule has 0 bridgehead atoms. The highest BCUT2D eigenvalue weighted by atomic mass is 32.1. The van der Waals surface area contributed by atoms with Gasteiger partial charge in [0.2, 0.25) is 17.2 Å². The number of aliphatic carboxylic acids is 1. The molecule has 7 aromatic rings. The van der Waals surface area contributed by atoms with Gasteiger partial charge in [-0.25, -0.2) is 23.4 Å². The first-order valence-corrected chi connectivity index (χ1v) is 22.7. The summed E-state index contributed by atoms with van der Waals surface area (Å²) in [6.45, 7) is -0.700. The number of oxime groups is 1. The summed E-state index contributed by atoms with van der Waals surface area (Å²) in [5, 5.41) is 19.9. The molecule has 1 unspecified atom stereocenters. The Hall–Kier alpha value is -7.54. The lowest BCUT2D eigenvalue weighted by Crippen LogP contribution is -2.38. The number of nitrogens with one attached hydrogen (secondary N) is 1. The van der Waals surface area contributed by atoms with Gasteiger partial charge in [0.05, 0.1) is 26.4 Å². The Morgan fingerprint density at radius 2 is 1.16 bits per heavy atom. The van der Waals surface area contributed by atoms with Crippen molar-refractivity contribution in [2.75, 3.05) is 59.5 Å². The molecule has 0 amide bonds. The van der Waals surface area contributed by atoms with Gasteiger partial charge >= 0.3 is 11.9 Å². The van der Waals surface area contributed by atoms with E-state index in [0.29, 0.717) is 17.2 Å². The number of hydrogen-bond donors (Lipinski definition) is 2. The van der Waals surface area contributed by atoms with Crippen LogP contribution in [0.15, 0.2) is 168 Å². The number of rotatable bonds is 26. The summed E-state index contributed by atoms with van der Waals surface area (Å²) in [5.74, 6) is -6.98. The molecule has 1 atom stereocenters. The maximum absolute atomic E-state index is 17.1. The molecule has 2 N–H and O–H groups in total. The number of anilines is 1. The van der Waals surface area contributed by atoms with Crippen LogP contribution < -0.4 is 14.8 Å². The third-order valence-electron chi connectivity index (χ3n) is 10.6. The molecule has 0 saturated heterocycles. The van der Waals surface area contributed by atoms with E-state index in [-0.39, 0.29) is 37.3 Å². The van der Waals surface area contributed by atoms with Gasteiger partial charge in [0, 0.05) is 25.2 Å². The second-order valence-corrected chi connectivity index (χ2v) is 16.0. The summed E-state index contributed by atoms with van der Waals surface area (Å²) in [4.78, 5) is 38.2. The Morgan fingerprint density at radius 3 is 1.63 bits per heavy atom. The van der Waals surface area contributed by atoms with E-state index >= 15 is 8.78 Å². The summed E-state index contributed by atoms with van der Waals surface area (Å²) in [7, 11) is 2.91. The van der Waals surface area contributed by atoms with Crippen LogP contribution in [0, 0.1) is 11.6 Å². The first kappa shape index (κ1) is 50.3. The number of aromatic nitrogens is 1. The number of ether oxygens (including phenoxy) is 7. The van der Waals surface area contributed by atoms with E-state index in [0.717, 1.165) is 28.0 Å². The van der Waals surface area contributed by atoms with Gasteiger partial charge in [0.1, 0.15) is 11.2 Å². The Bertz CT molecular complexity index is 2640. The van der Waals surface area contributed by atoms with Crippen LogP contribution in [0.2, 0.25) is 0 Å². The molecule has 362 valence electrons. The minimum Gasteiger partial charge on any atom is -0.476 e. The smallest absolute Gasteiger partial charge is 0.360 e. The molecule has 0 aliphatic rings. The highest BCUT2D eigenvalue weighted by Gasteiger charge is 2.39. The predicted molar refractivity (Wildman–Crippen MR) is 257 cm³/mol. The number of halogens is 2. The van der Waals surface area contributed by atoms with E-state index in [1.165, 1.54) is 19.6 Å². The maximum Gasteiger partial charge on any atom is 0.360 e. The Labute approximate surface area is 406 Å². The molecule has 0 aliphatic carbocycles. The average Bonchev–Trinajstić information content (AvgIpc) is 3.86. The SMILES string of the molecule is COCCOCOc1c(F)cc(C(ON=C(C(=O)O)c2csc(NC(c3ccccc3)(c3ccccc3)c3ccccc3)n2)C(=O)OC(c2ccccc2)c2ccccc2)c(F)c1OCOCCOC. The van der Waals surface area contributed by atoms with Gasteiger partial charge in [0.25, 0.3) is 6.10 Å². The van der Waals surface area contributed by atoms with Crippen molar-refractivity contribution < 1.29 is 61.5 Å². The fourth-order valence-electron chi connectivity index (χ4n) is 7.33. The van der Waals surface area contributed by atoms with Crippen molar-refractivity contribution in [3.05, 3.63) is 214 Å². The van der Waals surface area contributed by atoms with Crippen LogP contribution in [0.1, 0.15) is 51.3 Å². The summed E-state index contributed by atoms with van der Waals surface area (Å²) in [6, 6.07) is 47.1. The second-order valence-electron chi connectivity index (χ2n) is 15.1. The van der Waals surface area contributed by atoms with Crippen molar-refractivity contribution in [3.63, 3.8) is 0 Å². The Balaban J connectivity index is 1.30. The van der Waals surface area contributed by atoms with Crippen molar-refractivity contribution in [1.82, 2.24) is 4.98 Å². The first-order chi connectivity index (χ1) is 34.2. The van der Waals surface area contributed by atoms with Crippen LogP contribution >= 0.6 is 11.3 Å². The number of benzene rings is 6. The third-order valence-corrected chi connectivity index (χ3v) is 11.4. The zero-order chi connectivity index (χ0) is 49.1. The van der Waals surface area contributed by atoms with Crippen LogP contribution in [0.3, 0.4) is 0 Å². The molecular formula is C53H49F2N3O11S. The topological polar surface area (TPSA) is 165 Å². The number of esters is 1. The first-order valence-electron chi connectivity index (χ1n) is 21.8. The van der Waals surface area contributed by atoms with Crippen molar-refractivity contribution >= 4 is 34.1 Å². The van der Waals surface area contributed by atoms with Gasteiger partial charge in [0.15, 0.2) is 36.5 Å². The second kappa shape index (κ2) is 25.2. The Kier molecular flexibility index (Phi) is 18.1. The van der Waals surface area contributed by atoms with E-state index in [2.05, 4.69) is 15.5 Å². The van der Waals surface area contributed by atoms with E-state index in [4.69, 9.17) is 38.0 Å². The van der Waals surface area contributed by atoms with Crippen LogP contribution in [0.25, 0.3) is 0 Å². The predicted octanol–water partition coefficient (Wildman–Crippen LogP) is 9.70. The lowest BCUT2D eigenvalue weighted by Gasteiger charge is -2.36. The van der Waals surface area contributed by atoms with E-state index in [1.54, 1.807) is 60.7 Å². The van der Waals surface area contributed by atoms with E-state index in [9.17, 15) is 14.7 Å². The zero-order valence-electron chi connectivity index (χ0n) is 38.1. The molecule has 0 fully saturated rings. The fourth-order valence-corrected chi connectivity index (χ4v) is 8.08. The van der Waals surface area contributed by atoms with Crippen molar-refractivity contribution in [2.45, 2.75) is 17.7 Å². The molecule has 14 nitrogen and oxygen atoms in total. The lowest BCUT2D eigenvalue weighted by atomic mass is 9.77. The molecule has 70 heavy (non-hydrogen) atoms. The summed E-state index contributed by atoms with van der Waals surface area (Å²) in [6.07, 6.45) is -3.36. The molecule has 0 radical (unpaired) electrons. The van der Waals surface area contributed by atoms with Crippen molar-refractivity contribution in [3.8, 4) is 11.5 Å². The van der Waals surface area contributed by atoms with Crippen molar-refractivity contribution in [1.29, 1.82) is 0 Å². The number of carbonyl (C=O) groups excluding carboxylic acids is 1. The summed E-state index contributed by atoms with van der Waals surface area (Å²) >= 11 is 1.09. The number of nitrogens with zero attached hydrogens (tertiary/aromatic N) is 2. The molecule has 0 spiro atoms. The summed E-state index contributed by atoms with van der Waals surface area (Å²) in [5.41, 5.74) is 0.872. The standard InChI is InChI=1S/C53H49F2N3O11S/c1-62-28-30-64-34-66-48-42(54)32-41(44(55)49(48)67-35-65-31-29-63-2)47(51(61)68-46(36-18-8-3-9-19-36)37-20-10-4-11-21-37)69-58-45(50(59)60)43-33-70-52(56-43)57-53(38-22-12-5-13-23-38,39-24-14-6-15-25-39)40-26-16-7-17-27-40/h3-27,32-33,46-47H,28-31,34-35H2,1-2H3,(H,56,57)(H,59,60). The average molecular weight is 974 g/mol. The van der Waals surface area contributed by atoms with Crippen LogP contribution in [-0.2, 0) is 43.6 Å². The van der Waals surface area contributed by atoms with Gasteiger partial charge < -0.3 is 48.4 Å². The number of carboxylic acids is 1. The number of methoxy groups -OCH3 is 2. The summed E-state index contributed by atoms with van der Waals surface area (Å²) < 4.78 is 71.3. The minimum atomic E-state index is -2.26. The van der Waals surface area contributed by atoms with Gasteiger partial charge in [-0.1, -0.05) is 157 Å². The molecule has 0 aliphatic heterocycles. The number of thiazole rings is 1. The van der Waals surface area contributed by atoms with Crippen molar-refractivity contribution in [2.24, 2.45) is 5.16 Å². The minimum absolute atomic E-state index is 0.0291. The van der Waals surface area contributed by atoms with Gasteiger partial charge in [-0.15, -0.1) is 11.3 Å². The van der Waals surface area contributed by atoms with E-state index in [1.807, 2.05) is 91.0 Å². The number of hydrogen-bond acceptors (Lipinski definition) is 14. The number of carboxylic acid groups (broad SMARTS) is 1. The van der Waals surface area contributed by atoms with E-state index < -0.39 is 77.7 Å². The zero-order valence-corrected chi connectivity index (χ0v) is 38.9. The largest absolute Gasteiger partial charge is 0.476 e. The molecule has 1 heterocycles. The van der Waals surface area contributed by atoms with Crippen LogP contribution in [-0.4, -0.2) is 82.0 Å². The van der Waals surface area contributed by atoms with Gasteiger partial charge in [-0.05, 0) is 33.9 Å². The molecular weight excluding hydrogens is 925 g/mol. The molecule has 0 saturated carbocycles. The Morgan fingerprint density at radius 1 is 0.686 bits per heavy atom. The molecule has 17 heteroatoms. The lowest BCUT2D eigenvalue weighted by molar-refractivity contribution is -0.162. The normalized spacial score (nSPS) is 12.0. The molecule has 6 aromatic carbocycles. The van der Waals surface area contributed by atoms with Crippen LogP contribution in [0.5, 0.6) is 11.5 Å². The molecule has 1 aromatic heterocycles. The monoisotopic (exact) mass is 973 g/mol. The van der Waals surface area contributed by atoms with Crippen LogP contribution in [0.4, 0.5) is 13.9 Å². The van der Waals surface area contributed by atoms with Gasteiger partial charge in [-0.3, -0.25) is 0 Å². The molecule has 7 rings (SSSR count). The third kappa shape index (κ3) is 12.4. The highest BCUT2D eigenvalue weighted by molar-refractivity contribution is 7.14.